The van der Waals surface area contributed by atoms with Gasteiger partial charge in [-0.25, -0.2) is 4.79 Å². The van der Waals surface area contributed by atoms with E-state index in [0.29, 0.717) is 29.3 Å². The Kier molecular flexibility index (Phi) is 7.15. The molecule has 0 fully saturated rings. The second-order valence-corrected chi connectivity index (χ2v) is 7.61. The third-order valence-electron chi connectivity index (χ3n) is 5.00. The first-order chi connectivity index (χ1) is 14.9. The molecule has 3 N–H and O–H groups in total. The number of anilines is 1. The molecule has 31 heavy (non-hydrogen) atoms. The quantitative estimate of drug-likeness (QED) is 0.513. The average Bonchev–Trinajstić information content (AvgIpc) is 2.76. The molecule has 0 bridgehead atoms. The van der Waals surface area contributed by atoms with Crippen LogP contribution in [0.25, 0.3) is 10.9 Å². The van der Waals surface area contributed by atoms with Crippen LogP contribution in [0.15, 0.2) is 53.3 Å². The van der Waals surface area contributed by atoms with Gasteiger partial charge in [0.2, 0.25) is 0 Å². The molecule has 0 saturated carbocycles. The average molecular weight is 426 g/mol. The number of nitrogens with one attached hydrogen (secondary N) is 3. The Morgan fingerprint density at radius 2 is 1.71 bits per heavy atom. The van der Waals surface area contributed by atoms with Crippen molar-refractivity contribution in [3.8, 4) is 11.5 Å². The van der Waals surface area contributed by atoms with E-state index in [1.54, 1.807) is 49.5 Å². The molecular formula is C23H29N4O4+. The zero-order chi connectivity index (χ0) is 22.4. The van der Waals surface area contributed by atoms with Crippen molar-refractivity contribution in [3.63, 3.8) is 0 Å². The molecule has 3 aromatic rings. The van der Waals surface area contributed by atoms with E-state index in [1.165, 1.54) is 4.90 Å². The predicted octanol–water partition coefficient (Wildman–Crippen LogP) is 1.72. The van der Waals surface area contributed by atoms with Crippen molar-refractivity contribution in [1.82, 2.24) is 9.88 Å². The van der Waals surface area contributed by atoms with Crippen LogP contribution in [0.3, 0.4) is 0 Å². The fourth-order valence-corrected chi connectivity index (χ4v) is 3.17. The van der Waals surface area contributed by atoms with Gasteiger partial charge < -0.3 is 29.6 Å². The normalized spacial score (nSPS) is 10.9. The van der Waals surface area contributed by atoms with Gasteiger partial charge in [-0.2, -0.15) is 0 Å². The van der Waals surface area contributed by atoms with E-state index in [2.05, 4.69) is 10.3 Å². The van der Waals surface area contributed by atoms with Gasteiger partial charge in [-0.3, -0.25) is 4.79 Å². The fraction of sp³-hybridized carbons (Fsp3) is 0.304. The molecule has 1 aromatic heterocycles. The maximum Gasteiger partial charge on any atom is 0.322 e. The molecule has 2 amide bonds. The highest BCUT2D eigenvalue weighted by atomic mass is 16.5. The molecule has 0 spiro atoms. The lowest BCUT2D eigenvalue weighted by atomic mass is 10.1. The Hall–Kier alpha value is -3.52. The molecular weight excluding hydrogens is 396 g/mol. The van der Waals surface area contributed by atoms with Crippen LogP contribution in [0.4, 0.5) is 10.5 Å². The number of aromatic amines is 1. The van der Waals surface area contributed by atoms with E-state index < -0.39 is 0 Å². The van der Waals surface area contributed by atoms with Crippen molar-refractivity contribution in [2.75, 3.05) is 46.7 Å². The van der Waals surface area contributed by atoms with Crippen LogP contribution in [0.2, 0.25) is 0 Å². The van der Waals surface area contributed by atoms with Gasteiger partial charge >= 0.3 is 6.03 Å². The van der Waals surface area contributed by atoms with Crippen molar-refractivity contribution >= 4 is 22.6 Å². The summed E-state index contributed by atoms with van der Waals surface area (Å²) in [5.74, 6) is 1.42. The number of quaternary nitrogens is 1. The first-order valence-electron chi connectivity index (χ1n) is 10.1. The number of fused-ring (bicyclic) bond motifs is 1. The van der Waals surface area contributed by atoms with Gasteiger partial charge in [-0.05, 0) is 48.5 Å². The van der Waals surface area contributed by atoms with Crippen LogP contribution >= 0.6 is 0 Å². The zero-order valence-corrected chi connectivity index (χ0v) is 18.3. The standard InChI is InChI=1S/C23H28N4O4/c1-26(2)11-12-27(23(29)24-18-5-7-19(30-3)8-6-18)15-17-13-16-14-20(31-4)9-10-21(16)25-22(17)28/h5-10,13-14H,11-12,15H2,1-4H3,(H,24,29)(H,25,28)/p+1. The number of H-pyrrole nitrogens is 1. The van der Waals surface area contributed by atoms with E-state index in [0.717, 1.165) is 17.4 Å². The van der Waals surface area contributed by atoms with Gasteiger partial charge in [0.1, 0.15) is 11.5 Å². The van der Waals surface area contributed by atoms with Crippen LogP contribution in [-0.4, -0.2) is 57.3 Å². The summed E-state index contributed by atoms with van der Waals surface area (Å²) in [5, 5.41) is 3.75. The number of aromatic nitrogens is 1. The zero-order valence-electron chi connectivity index (χ0n) is 18.3. The van der Waals surface area contributed by atoms with Gasteiger partial charge in [-0.15, -0.1) is 0 Å². The van der Waals surface area contributed by atoms with Crippen molar-refractivity contribution in [2.45, 2.75) is 6.54 Å². The fourth-order valence-electron chi connectivity index (χ4n) is 3.17. The highest BCUT2D eigenvalue weighted by Gasteiger charge is 2.18. The number of carbonyl (C=O) groups excluding carboxylic acids is 1. The predicted molar refractivity (Wildman–Crippen MR) is 121 cm³/mol. The molecule has 0 aliphatic rings. The highest BCUT2D eigenvalue weighted by Crippen LogP contribution is 2.20. The third kappa shape index (κ3) is 5.76. The topological polar surface area (TPSA) is 88.1 Å². The van der Waals surface area contributed by atoms with Crippen molar-refractivity contribution in [2.24, 2.45) is 0 Å². The molecule has 0 radical (unpaired) electrons. The van der Waals surface area contributed by atoms with Crippen molar-refractivity contribution in [1.29, 1.82) is 0 Å². The molecule has 0 aliphatic heterocycles. The van der Waals surface area contributed by atoms with Crippen LogP contribution in [0.1, 0.15) is 5.56 Å². The monoisotopic (exact) mass is 425 g/mol. The SMILES string of the molecule is COc1ccc(NC(=O)N(CC[NH+](C)C)Cc2cc3cc(OC)ccc3[nH]c2=O)cc1. The smallest absolute Gasteiger partial charge is 0.322 e. The minimum atomic E-state index is -0.267. The minimum Gasteiger partial charge on any atom is -0.497 e. The van der Waals surface area contributed by atoms with Gasteiger partial charge in [0, 0.05) is 22.2 Å². The van der Waals surface area contributed by atoms with E-state index in [4.69, 9.17) is 9.47 Å². The lowest BCUT2D eigenvalue weighted by Gasteiger charge is -2.23. The van der Waals surface area contributed by atoms with E-state index >= 15 is 0 Å². The lowest BCUT2D eigenvalue weighted by molar-refractivity contribution is -0.857. The van der Waals surface area contributed by atoms with Crippen molar-refractivity contribution < 1.29 is 19.2 Å². The van der Waals surface area contributed by atoms with E-state index in [9.17, 15) is 9.59 Å². The summed E-state index contributed by atoms with van der Waals surface area (Å²) in [6.45, 7) is 1.44. The lowest BCUT2D eigenvalue weighted by Crippen LogP contribution is -3.06. The first-order valence-corrected chi connectivity index (χ1v) is 10.1. The number of methoxy groups -OCH3 is 2. The minimum absolute atomic E-state index is 0.192. The number of urea groups is 1. The highest BCUT2D eigenvalue weighted by molar-refractivity contribution is 5.89. The molecule has 0 unspecified atom stereocenters. The number of likely N-dealkylation sites (N-methyl/N-ethyl adjacent to an activating group) is 1. The molecule has 164 valence electrons. The number of ether oxygens (including phenoxy) is 2. The number of hydrogen-bond acceptors (Lipinski definition) is 4. The summed E-state index contributed by atoms with van der Waals surface area (Å²) in [6.07, 6.45) is 0. The number of nitrogens with zero attached hydrogens (tertiary/aromatic N) is 1. The number of rotatable bonds is 8. The third-order valence-corrected chi connectivity index (χ3v) is 5.00. The Morgan fingerprint density at radius 1 is 1.03 bits per heavy atom. The van der Waals surface area contributed by atoms with Gasteiger partial charge in [0.25, 0.3) is 5.56 Å². The molecule has 0 saturated heterocycles. The summed E-state index contributed by atoms with van der Waals surface area (Å²) < 4.78 is 10.4. The molecule has 0 aliphatic carbocycles. The van der Waals surface area contributed by atoms with Gasteiger partial charge in [-0.1, -0.05) is 0 Å². The number of benzene rings is 2. The number of hydrogen-bond donors (Lipinski definition) is 3. The molecule has 2 aromatic carbocycles. The Balaban J connectivity index is 1.84. The van der Waals surface area contributed by atoms with Crippen LogP contribution in [0.5, 0.6) is 11.5 Å². The number of carbonyl (C=O) groups is 1. The van der Waals surface area contributed by atoms with Crippen LogP contribution in [-0.2, 0) is 6.54 Å². The molecule has 8 heteroatoms. The Morgan fingerprint density at radius 3 is 2.35 bits per heavy atom. The summed E-state index contributed by atoms with van der Waals surface area (Å²) in [5.41, 5.74) is 1.68. The number of pyridine rings is 1. The summed E-state index contributed by atoms with van der Waals surface area (Å²) in [7, 11) is 7.24. The molecule has 8 nitrogen and oxygen atoms in total. The molecule has 3 rings (SSSR count). The van der Waals surface area contributed by atoms with Gasteiger partial charge in [0.05, 0.1) is 47.9 Å². The van der Waals surface area contributed by atoms with E-state index in [1.807, 2.05) is 32.3 Å². The molecule has 0 atom stereocenters. The summed E-state index contributed by atoms with van der Waals surface area (Å²) in [6, 6.07) is 14.1. The second kappa shape index (κ2) is 9.99. The maximum atomic E-state index is 13.0. The summed E-state index contributed by atoms with van der Waals surface area (Å²) >= 11 is 0. The molecule has 1 heterocycles. The van der Waals surface area contributed by atoms with Crippen LogP contribution in [0, 0.1) is 0 Å². The Labute approximate surface area is 181 Å². The van der Waals surface area contributed by atoms with Crippen molar-refractivity contribution in [3.05, 3.63) is 64.4 Å². The van der Waals surface area contributed by atoms with Crippen LogP contribution < -0.4 is 25.2 Å². The van der Waals surface area contributed by atoms with Gasteiger partial charge in [0.15, 0.2) is 0 Å². The number of amides is 2. The maximum absolute atomic E-state index is 13.0. The first kappa shape index (κ1) is 22.2. The Bertz CT molecular complexity index is 1090. The summed E-state index contributed by atoms with van der Waals surface area (Å²) in [4.78, 5) is 31.4. The largest absolute Gasteiger partial charge is 0.497 e. The van der Waals surface area contributed by atoms with E-state index in [-0.39, 0.29) is 18.1 Å². The second-order valence-electron chi connectivity index (χ2n) is 7.61.